The van der Waals surface area contributed by atoms with E-state index in [1.165, 1.54) is 5.69 Å². The third kappa shape index (κ3) is 1.92. The molecule has 5 nitrogen and oxygen atoms in total. The number of rotatable bonds is 3. The second kappa shape index (κ2) is 4.64. The Morgan fingerprint density at radius 3 is 3.06 bits per heavy atom. The quantitative estimate of drug-likeness (QED) is 0.883. The average molecular weight is 252 g/mol. The van der Waals surface area contributed by atoms with Gasteiger partial charge in [0.15, 0.2) is 10.8 Å². The summed E-state index contributed by atoms with van der Waals surface area (Å²) in [6.45, 7) is 4.29. The summed E-state index contributed by atoms with van der Waals surface area (Å²) in [6, 6.07) is 0. The first kappa shape index (κ1) is 11.0. The smallest absolute Gasteiger partial charge is 0.195 e. The molecule has 0 aromatic carbocycles. The molecule has 1 N–H and O–H groups in total. The summed E-state index contributed by atoms with van der Waals surface area (Å²) in [7, 11) is 1.97. The van der Waals surface area contributed by atoms with Gasteiger partial charge in [-0.2, -0.15) is 0 Å². The predicted molar refractivity (Wildman–Crippen MR) is 68.9 cm³/mol. The van der Waals surface area contributed by atoms with Crippen molar-refractivity contribution in [1.82, 2.24) is 14.7 Å². The fraction of sp³-hybridized carbons (Fsp3) is 0.545. The maximum atomic E-state index is 5.39. The summed E-state index contributed by atoms with van der Waals surface area (Å²) in [4.78, 5) is 8.11. The van der Waals surface area contributed by atoms with Gasteiger partial charge < -0.3 is 15.0 Å². The molecule has 0 amide bonds. The van der Waals surface area contributed by atoms with Crippen LogP contribution in [0.15, 0.2) is 11.6 Å². The van der Waals surface area contributed by atoms with E-state index in [0.29, 0.717) is 0 Å². The molecule has 1 aliphatic heterocycles. The van der Waals surface area contributed by atoms with E-state index in [2.05, 4.69) is 26.2 Å². The normalized spacial score (nSPS) is 16.9. The lowest BCUT2D eigenvalue weighted by Gasteiger charge is -2.27. The minimum absolute atomic E-state index is 0.796. The van der Waals surface area contributed by atoms with Crippen LogP contribution in [0, 0.1) is 0 Å². The standard InChI is InChI=1S/C11H16N4OS/c1-12-8-9-10(14-2-5-16-6-3-14)13-11-15(9)4-7-17-11/h4,7,12H,2-3,5-6,8H2,1H3. The highest BCUT2D eigenvalue weighted by atomic mass is 32.1. The molecule has 0 saturated carbocycles. The summed E-state index contributed by atoms with van der Waals surface area (Å²) in [5, 5.41) is 5.29. The molecular formula is C11H16N4OS. The van der Waals surface area contributed by atoms with Crippen molar-refractivity contribution < 1.29 is 4.74 Å². The monoisotopic (exact) mass is 252 g/mol. The molecule has 0 bridgehead atoms. The first-order valence-electron chi connectivity index (χ1n) is 5.82. The lowest BCUT2D eigenvalue weighted by Crippen LogP contribution is -2.37. The lowest BCUT2D eigenvalue weighted by molar-refractivity contribution is 0.122. The van der Waals surface area contributed by atoms with Crippen LogP contribution in [-0.4, -0.2) is 42.7 Å². The molecule has 0 radical (unpaired) electrons. The zero-order chi connectivity index (χ0) is 11.7. The second-order valence-corrected chi connectivity index (χ2v) is 4.94. The van der Waals surface area contributed by atoms with Crippen LogP contribution in [0.1, 0.15) is 5.69 Å². The minimum Gasteiger partial charge on any atom is -0.378 e. The Hall–Kier alpha value is -1.11. The highest BCUT2D eigenvalue weighted by Crippen LogP contribution is 2.25. The van der Waals surface area contributed by atoms with E-state index in [4.69, 9.17) is 9.72 Å². The lowest BCUT2D eigenvalue weighted by atomic mass is 10.3. The molecule has 17 heavy (non-hydrogen) atoms. The summed E-state index contributed by atoms with van der Waals surface area (Å²) in [6.07, 6.45) is 2.09. The topological polar surface area (TPSA) is 41.8 Å². The van der Waals surface area contributed by atoms with Gasteiger partial charge in [0.05, 0.1) is 18.9 Å². The number of nitrogens with one attached hydrogen (secondary N) is 1. The number of nitrogens with zero attached hydrogens (tertiary/aromatic N) is 3. The average Bonchev–Trinajstić information content (AvgIpc) is 2.93. The predicted octanol–water partition coefficient (Wildman–Crippen LogP) is 0.952. The van der Waals surface area contributed by atoms with Crippen LogP contribution in [0.3, 0.4) is 0 Å². The molecule has 6 heteroatoms. The molecule has 1 saturated heterocycles. The third-order valence-electron chi connectivity index (χ3n) is 2.99. The van der Waals surface area contributed by atoms with Gasteiger partial charge in [0.2, 0.25) is 0 Å². The molecule has 92 valence electrons. The first-order valence-corrected chi connectivity index (χ1v) is 6.70. The molecule has 3 rings (SSSR count). The van der Waals surface area contributed by atoms with Crippen molar-refractivity contribution in [2.75, 3.05) is 38.3 Å². The third-order valence-corrected chi connectivity index (χ3v) is 3.75. The van der Waals surface area contributed by atoms with Gasteiger partial charge >= 0.3 is 0 Å². The molecule has 0 aliphatic carbocycles. The zero-order valence-electron chi connectivity index (χ0n) is 9.85. The molecule has 0 spiro atoms. The number of hydrogen-bond acceptors (Lipinski definition) is 5. The van der Waals surface area contributed by atoms with Gasteiger partial charge in [-0.1, -0.05) is 0 Å². The molecule has 0 atom stereocenters. The summed E-state index contributed by atoms with van der Waals surface area (Å²) >= 11 is 1.68. The van der Waals surface area contributed by atoms with Crippen LogP contribution < -0.4 is 10.2 Å². The first-order chi connectivity index (χ1) is 8.40. The van der Waals surface area contributed by atoms with Crippen LogP contribution >= 0.6 is 11.3 Å². The second-order valence-electron chi connectivity index (χ2n) is 4.07. The summed E-state index contributed by atoms with van der Waals surface area (Å²) < 4.78 is 7.56. The zero-order valence-corrected chi connectivity index (χ0v) is 10.7. The van der Waals surface area contributed by atoms with E-state index in [0.717, 1.165) is 43.6 Å². The van der Waals surface area contributed by atoms with Gasteiger partial charge in [0.1, 0.15) is 0 Å². The van der Waals surface area contributed by atoms with Crippen molar-refractivity contribution in [3.8, 4) is 0 Å². The van der Waals surface area contributed by atoms with E-state index >= 15 is 0 Å². The Labute approximate surface area is 104 Å². The van der Waals surface area contributed by atoms with Gasteiger partial charge in [0, 0.05) is 31.2 Å². The van der Waals surface area contributed by atoms with Crippen LogP contribution in [0.4, 0.5) is 5.82 Å². The van der Waals surface area contributed by atoms with Gasteiger partial charge in [-0.15, -0.1) is 11.3 Å². The van der Waals surface area contributed by atoms with Crippen LogP contribution in [0.25, 0.3) is 4.96 Å². The fourth-order valence-corrected chi connectivity index (χ4v) is 2.91. The van der Waals surface area contributed by atoms with Gasteiger partial charge in [-0.3, -0.25) is 4.40 Å². The van der Waals surface area contributed by atoms with Gasteiger partial charge in [-0.05, 0) is 7.05 Å². The molecule has 1 aliphatic rings. The summed E-state index contributed by atoms with van der Waals surface area (Å²) in [5.41, 5.74) is 1.24. The number of fused-ring (bicyclic) bond motifs is 1. The number of hydrogen-bond donors (Lipinski definition) is 1. The van der Waals surface area contributed by atoms with E-state index < -0.39 is 0 Å². The Bertz CT molecular complexity index is 501. The van der Waals surface area contributed by atoms with E-state index in [1.807, 2.05) is 7.05 Å². The van der Waals surface area contributed by atoms with Crippen molar-refractivity contribution >= 4 is 22.1 Å². The van der Waals surface area contributed by atoms with Crippen molar-refractivity contribution in [2.24, 2.45) is 0 Å². The van der Waals surface area contributed by atoms with Gasteiger partial charge in [-0.25, -0.2) is 4.98 Å². The Morgan fingerprint density at radius 1 is 1.47 bits per heavy atom. The van der Waals surface area contributed by atoms with E-state index in [-0.39, 0.29) is 0 Å². The van der Waals surface area contributed by atoms with Crippen LogP contribution in [0.2, 0.25) is 0 Å². The number of ether oxygens (including phenoxy) is 1. The van der Waals surface area contributed by atoms with E-state index in [9.17, 15) is 0 Å². The van der Waals surface area contributed by atoms with Crippen LogP contribution in [-0.2, 0) is 11.3 Å². The molecule has 0 unspecified atom stereocenters. The molecule has 2 aromatic rings. The maximum absolute atomic E-state index is 5.39. The Balaban J connectivity index is 2.00. The van der Waals surface area contributed by atoms with Crippen molar-refractivity contribution in [2.45, 2.75) is 6.54 Å². The Kier molecular flexibility index (Phi) is 3.00. The number of aromatic nitrogens is 2. The molecule has 2 aromatic heterocycles. The minimum atomic E-state index is 0.796. The van der Waals surface area contributed by atoms with Crippen LogP contribution in [0.5, 0.6) is 0 Å². The van der Waals surface area contributed by atoms with Crippen molar-refractivity contribution in [3.63, 3.8) is 0 Å². The van der Waals surface area contributed by atoms with Crippen molar-refractivity contribution in [3.05, 3.63) is 17.3 Å². The SMILES string of the molecule is CNCc1c(N2CCOCC2)nc2sccn12. The number of morpholine rings is 1. The largest absolute Gasteiger partial charge is 0.378 e. The molecule has 1 fully saturated rings. The van der Waals surface area contributed by atoms with Crippen molar-refractivity contribution in [1.29, 1.82) is 0 Å². The Morgan fingerprint density at radius 2 is 2.29 bits per heavy atom. The molecular weight excluding hydrogens is 236 g/mol. The maximum Gasteiger partial charge on any atom is 0.195 e. The number of anilines is 1. The molecule has 3 heterocycles. The number of imidazole rings is 1. The van der Waals surface area contributed by atoms with E-state index in [1.54, 1.807) is 11.3 Å². The van der Waals surface area contributed by atoms with Gasteiger partial charge in [0.25, 0.3) is 0 Å². The summed E-state index contributed by atoms with van der Waals surface area (Å²) in [5.74, 6) is 1.11. The highest BCUT2D eigenvalue weighted by Gasteiger charge is 2.20. The number of thiazole rings is 1. The fourth-order valence-electron chi connectivity index (χ4n) is 2.18. The highest BCUT2D eigenvalue weighted by molar-refractivity contribution is 7.15.